The van der Waals surface area contributed by atoms with Crippen LogP contribution in [0.5, 0.6) is 0 Å². The Morgan fingerprint density at radius 1 is 1.47 bits per heavy atom. The van der Waals surface area contributed by atoms with Gasteiger partial charge in [-0.05, 0) is 19.4 Å². The lowest BCUT2D eigenvalue weighted by Gasteiger charge is -2.42. The van der Waals surface area contributed by atoms with E-state index in [-0.39, 0.29) is 6.61 Å². The summed E-state index contributed by atoms with van der Waals surface area (Å²) >= 11 is 0. The van der Waals surface area contributed by atoms with Gasteiger partial charge in [-0.15, -0.1) is 0 Å². The third kappa shape index (κ3) is 3.28. The molecule has 0 radical (unpaired) electrons. The van der Waals surface area contributed by atoms with Crippen molar-refractivity contribution < 1.29 is 15.3 Å². The molecule has 3 nitrogen and oxygen atoms in total. The Kier molecular flexibility index (Phi) is 4.31. The second-order valence-corrected chi connectivity index (χ2v) is 5.30. The fourth-order valence-corrected chi connectivity index (χ4v) is 1.99. The molecule has 0 aromatic carbocycles. The number of hydrogen-bond donors (Lipinski definition) is 3. The zero-order valence-electron chi connectivity index (χ0n) is 10.7. The maximum atomic E-state index is 10.6. The summed E-state index contributed by atoms with van der Waals surface area (Å²) in [4.78, 5) is 0. The molecule has 0 amide bonds. The SMILES string of the molecule is CC(=C/CO)/C=C/C1(O)C=CC(O)CC1(C)C. The van der Waals surface area contributed by atoms with Gasteiger partial charge in [0.25, 0.3) is 0 Å². The lowest BCUT2D eigenvalue weighted by Crippen LogP contribution is -2.46. The van der Waals surface area contributed by atoms with Crippen molar-refractivity contribution in [3.8, 4) is 0 Å². The van der Waals surface area contributed by atoms with Crippen LogP contribution < -0.4 is 0 Å². The summed E-state index contributed by atoms with van der Waals surface area (Å²) in [5.74, 6) is 0. The molecule has 0 saturated carbocycles. The highest BCUT2D eigenvalue weighted by atomic mass is 16.3. The van der Waals surface area contributed by atoms with Gasteiger partial charge in [-0.1, -0.05) is 43.7 Å². The molecule has 0 heterocycles. The zero-order valence-corrected chi connectivity index (χ0v) is 10.7. The molecule has 3 heteroatoms. The van der Waals surface area contributed by atoms with Crippen LogP contribution in [0, 0.1) is 5.41 Å². The topological polar surface area (TPSA) is 60.7 Å². The minimum atomic E-state index is -1.06. The fraction of sp³-hybridized carbons (Fsp3) is 0.571. The second-order valence-electron chi connectivity index (χ2n) is 5.30. The lowest BCUT2D eigenvalue weighted by molar-refractivity contribution is -0.0193. The van der Waals surface area contributed by atoms with Crippen molar-refractivity contribution in [2.75, 3.05) is 6.61 Å². The highest BCUT2D eigenvalue weighted by Crippen LogP contribution is 2.41. The summed E-state index contributed by atoms with van der Waals surface area (Å²) in [5, 5.41) is 28.9. The summed E-state index contributed by atoms with van der Waals surface area (Å²) in [6.07, 6.45) is 8.48. The summed E-state index contributed by atoms with van der Waals surface area (Å²) < 4.78 is 0. The van der Waals surface area contributed by atoms with E-state index in [9.17, 15) is 10.2 Å². The lowest BCUT2D eigenvalue weighted by atomic mass is 9.67. The van der Waals surface area contributed by atoms with Crippen LogP contribution >= 0.6 is 0 Å². The van der Waals surface area contributed by atoms with Crippen molar-refractivity contribution in [1.29, 1.82) is 0 Å². The minimum absolute atomic E-state index is 0.00739. The predicted molar refractivity (Wildman–Crippen MR) is 68.5 cm³/mol. The molecule has 3 N–H and O–H groups in total. The van der Waals surface area contributed by atoms with E-state index >= 15 is 0 Å². The summed E-state index contributed by atoms with van der Waals surface area (Å²) in [7, 11) is 0. The molecule has 1 rings (SSSR count). The number of aliphatic hydroxyl groups is 3. The zero-order chi connectivity index (χ0) is 13.1. The standard InChI is InChI=1S/C14H22O3/c1-11(6-9-15)4-7-14(17)8-5-12(16)10-13(14,2)3/h4-8,12,15-17H,9-10H2,1-3H3/b7-4+,11-6-. The molecule has 96 valence electrons. The molecule has 2 unspecified atom stereocenters. The first-order valence-electron chi connectivity index (χ1n) is 5.87. The van der Waals surface area contributed by atoms with E-state index in [4.69, 9.17) is 5.11 Å². The molecule has 1 aliphatic carbocycles. The maximum absolute atomic E-state index is 10.6. The quantitative estimate of drug-likeness (QED) is 0.516. The van der Waals surface area contributed by atoms with Crippen LogP contribution in [0.1, 0.15) is 27.2 Å². The van der Waals surface area contributed by atoms with E-state index in [1.165, 1.54) is 0 Å². The van der Waals surface area contributed by atoms with E-state index in [2.05, 4.69) is 0 Å². The normalized spacial score (nSPS) is 33.3. The number of aliphatic hydroxyl groups excluding tert-OH is 2. The van der Waals surface area contributed by atoms with E-state index < -0.39 is 17.1 Å². The molecular weight excluding hydrogens is 216 g/mol. The van der Waals surface area contributed by atoms with Gasteiger partial charge in [0.05, 0.1) is 12.7 Å². The first kappa shape index (κ1) is 14.2. The maximum Gasteiger partial charge on any atom is 0.106 e. The molecule has 0 fully saturated rings. The van der Waals surface area contributed by atoms with E-state index in [1.807, 2.05) is 20.8 Å². The van der Waals surface area contributed by atoms with Gasteiger partial charge in [-0.25, -0.2) is 0 Å². The molecular formula is C14H22O3. The van der Waals surface area contributed by atoms with Gasteiger partial charge in [0.2, 0.25) is 0 Å². The van der Waals surface area contributed by atoms with Crippen LogP contribution in [0.3, 0.4) is 0 Å². The van der Waals surface area contributed by atoms with Gasteiger partial charge in [0.15, 0.2) is 0 Å². The Hall–Kier alpha value is -0.900. The van der Waals surface area contributed by atoms with Crippen molar-refractivity contribution in [2.45, 2.75) is 38.9 Å². The molecule has 0 bridgehead atoms. The first-order chi connectivity index (χ1) is 7.81. The Morgan fingerprint density at radius 2 is 2.12 bits per heavy atom. The van der Waals surface area contributed by atoms with Crippen molar-refractivity contribution >= 4 is 0 Å². The predicted octanol–water partition coefficient (Wildman–Crippen LogP) is 1.56. The molecule has 0 spiro atoms. The van der Waals surface area contributed by atoms with Crippen molar-refractivity contribution in [1.82, 2.24) is 0 Å². The van der Waals surface area contributed by atoms with Gasteiger partial charge in [-0.2, -0.15) is 0 Å². The number of allylic oxidation sites excluding steroid dienone is 2. The van der Waals surface area contributed by atoms with Crippen LogP contribution in [-0.2, 0) is 0 Å². The fourth-order valence-electron chi connectivity index (χ4n) is 1.99. The Bertz CT molecular complexity index is 352. The van der Waals surface area contributed by atoms with Crippen molar-refractivity contribution in [2.24, 2.45) is 5.41 Å². The van der Waals surface area contributed by atoms with Gasteiger partial charge in [0.1, 0.15) is 5.60 Å². The summed E-state index contributed by atoms with van der Waals surface area (Å²) in [5.41, 5.74) is -0.579. The smallest absolute Gasteiger partial charge is 0.106 e. The molecule has 0 aromatic rings. The van der Waals surface area contributed by atoms with Crippen LogP contribution in [0.15, 0.2) is 36.0 Å². The molecule has 0 aliphatic heterocycles. The average molecular weight is 238 g/mol. The Labute approximate surface area is 103 Å². The number of rotatable bonds is 3. The number of hydrogen-bond acceptors (Lipinski definition) is 3. The van der Waals surface area contributed by atoms with E-state index in [0.717, 1.165) is 5.57 Å². The third-order valence-electron chi connectivity index (χ3n) is 3.39. The first-order valence-corrected chi connectivity index (χ1v) is 5.87. The molecule has 2 atom stereocenters. The van der Waals surface area contributed by atoms with Gasteiger partial charge < -0.3 is 15.3 Å². The van der Waals surface area contributed by atoms with Crippen molar-refractivity contribution in [3.63, 3.8) is 0 Å². The van der Waals surface area contributed by atoms with Crippen molar-refractivity contribution in [3.05, 3.63) is 36.0 Å². The second kappa shape index (κ2) is 5.17. The van der Waals surface area contributed by atoms with E-state index in [1.54, 1.807) is 30.4 Å². The van der Waals surface area contributed by atoms with Crippen LogP contribution in [0.4, 0.5) is 0 Å². The Balaban J connectivity index is 2.94. The summed E-state index contributed by atoms with van der Waals surface area (Å²) in [6, 6.07) is 0. The third-order valence-corrected chi connectivity index (χ3v) is 3.39. The highest BCUT2D eigenvalue weighted by Gasteiger charge is 2.42. The van der Waals surface area contributed by atoms with Crippen LogP contribution in [-0.4, -0.2) is 33.6 Å². The van der Waals surface area contributed by atoms with Gasteiger partial charge >= 0.3 is 0 Å². The molecule has 0 aromatic heterocycles. The average Bonchev–Trinajstić information content (AvgIpc) is 2.21. The minimum Gasteiger partial charge on any atom is -0.392 e. The van der Waals surface area contributed by atoms with E-state index in [0.29, 0.717) is 6.42 Å². The van der Waals surface area contributed by atoms with Crippen LogP contribution in [0.25, 0.3) is 0 Å². The Morgan fingerprint density at radius 3 is 2.65 bits per heavy atom. The molecule has 0 saturated heterocycles. The molecule has 1 aliphatic rings. The summed E-state index contributed by atoms with van der Waals surface area (Å²) in [6.45, 7) is 5.71. The monoisotopic (exact) mass is 238 g/mol. The van der Waals surface area contributed by atoms with Crippen LogP contribution in [0.2, 0.25) is 0 Å². The van der Waals surface area contributed by atoms with Gasteiger partial charge in [-0.3, -0.25) is 0 Å². The molecule has 17 heavy (non-hydrogen) atoms. The highest BCUT2D eigenvalue weighted by molar-refractivity contribution is 5.28. The largest absolute Gasteiger partial charge is 0.392 e. The van der Waals surface area contributed by atoms with Gasteiger partial charge in [0, 0.05) is 5.41 Å².